The second-order valence-electron chi connectivity index (χ2n) is 13.4. The number of benzene rings is 5. The van der Waals surface area contributed by atoms with Crippen molar-refractivity contribution in [3.63, 3.8) is 0 Å². The largest absolute Gasteiger partial charge is 0.488 e. The summed E-state index contributed by atoms with van der Waals surface area (Å²) in [6.07, 6.45) is -0.305. The minimum Gasteiger partial charge on any atom is -0.488 e. The van der Waals surface area contributed by atoms with Gasteiger partial charge in [0.25, 0.3) is 11.8 Å². The molecule has 0 fully saturated rings. The molecule has 3 atom stereocenters. The minimum absolute atomic E-state index is 0.0747. The summed E-state index contributed by atoms with van der Waals surface area (Å²) in [5, 5.41) is 20.6. The van der Waals surface area contributed by atoms with Gasteiger partial charge in [-0.25, -0.2) is 4.79 Å². The van der Waals surface area contributed by atoms with E-state index in [1.54, 1.807) is 47.4 Å². The molecule has 5 aromatic carbocycles. The molecule has 11 heteroatoms. The third kappa shape index (κ3) is 8.34. The highest BCUT2D eigenvalue weighted by atomic mass is 16.5. The highest BCUT2D eigenvalue weighted by Gasteiger charge is 2.33. The number of urea groups is 1. The molecule has 0 saturated carbocycles. The van der Waals surface area contributed by atoms with Crippen molar-refractivity contribution < 1.29 is 24.2 Å². The maximum atomic E-state index is 13.9. The summed E-state index contributed by atoms with van der Waals surface area (Å²) in [4.78, 5) is 43.7. The fraction of sp³-hybridized carbons (Fsp3) is 0.244. The number of para-hydroxylation sites is 2. The van der Waals surface area contributed by atoms with Crippen LogP contribution in [-0.4, -0.2) is 71.6 Å². The van der Waals surface area contributed by atoms with Crippen molar-refractivity contribution in [1.29, 1.82) is 0 Å². The number of likely N-dealkylation sites (N-methyl/N-ethyl adjacent to an activating group) is 1. The Bertz CT molecular complexity index is 2060. The third-order valence-corrected chi connectivity index (χ3v) is 9.33. The molecule has 4 amide bonds. The maximum absolute atomic E-state index is 13.9. The van der Waals surface area contributed by atoms with Crippen LogP contribution < -0.4 is 26.4 Å². The molecule has 52 heavy (non-hydrogen) atoms. The Morgan fingerprint density at radius 3 is 2.40 bits per heavy atom. The fourth-order valence-corrected chi connectivity index (χ4v) is 6.39. The molecule has 0 aliphatic carbocycles. The van der Waals surface area contributed by atoms with Crippen LogP contribution in [0.3, 0.4) is 0 Å². The smallest absolute Gasteiger partial charge is 0.323 e. The average molecular weight is 701 g/mol. The number of nitrogens with zero attached hydrogens (tertiary/aromatic N) is 2. The summed E-state index contributed by atoms with van der Waals surface area (Å²) in [5.41, 5.74) is 9.97. The molecule has 1 heterocycles. The number of aliphatic hydroxyl groups is 1. The van der Waals surface area contributed by atoms with E-state index >= 15 is 0 Å². The number of rotatable bonds is 10. The summed E-state index contributed by atoms with van der Waals surface area (Å²) >= 11 is 0. The van der Waals surface area contributed by atoms with Gasteiger partial charge in [0.2, 0.25) is 0 Å². The molecule has 0 radical (unpaired) electrons. The van der Waals surface area contributed by atoms with E-state index in [1.165, 1.54) is 0 Å². The van der Waals surface area contributed by atoms with Gasteiger partial charge in [0, 0.05) is 42.2 Å². The number of carbonyl (C=O) groups excluding carboxylic acids is 3. The number of amides is 4. The number of anilines is 4. The van der Waals surface area contributed by atoms with Crippen molar-refractivity contribution in [3.8, 4) is 5.75 Å². The first-order chi connectivity index (χ1) is 25.1. The van der Waals surface area contributed by atoms with Gasteiger partial charge in [-0.3, -0.25) is 14.5 Å². The zero-order valence-corrected chi connectivity index (χ0v) is 29.5. The van der Waals surface area contributed by atoms with E-state index in [0.717, 1.165) is 16.3 Å². The van der Waals surface area contributed by atoms with Gasteiger partial charge in [-0.1, -0.05) is 67.6 Å². The Kier molecular flexibility index (Phi) is 11.0. The number of aliphatic hydroxyl groups excluding tert-OH is 1. The van der Waals surface area contributed by atoms with Gasteiger partial charge < -0.3 is 36.4 Å². The predicted octanol–water partition coefficient (Wildman–Crippen LogP) is 6.67. The molecule has 1 aliphatic rings. The molecule has 6 rings (SSSR count). The molecule has 1 aliphatic heterocycles. The second-order valence-corrected chi connectivity index (χ2v) is 13.4. The Morgan fingerprint density at radius 1 is 0.923 bits per heavy atom. The number of nitrogens with two attached hydrogens (primary N) is 1. The van der Waals surface area contributed by atoms with Gasteiger partial charge in [-0.2, -0.15) is 0 Å². The van der Waals surface area contributed by atoms with Crippen LogP contribution in [0.2, 0.25) is 0 Å². The lowest BCUT2D eigenvalue weighted by molar-refractivity contribution is 0.0341. The predicted molar refractivity (Wildman–Crippen MR) is 206 cm³/mol. The first-order valence-corrected chi connectivity index (χ1v) is 17.3. The highest BCUT2D eigenvalue weighted by molar-refractivity contribution is 6.07. The zero-order valence-electron chi connectivity index (χ0n) is 29.5. The van der Waals surface area contributed by atoms with Crippen molar-refractivity contribution in [2.24, 2.45) is 5.92 Å². The molecule has 5 aromatic rings. The van der Waals surface area contributed by atoms with E-state index in [4.69, 9.17) is 10.5 Å². The molecule has 0 saturated heterocycles. The molecule has 0 aromatic heterocycles. The van der Waals surface area contributed by atoms with Crippen LogP contribution in [0, 0.1) is 5.92 Å². The van der Waals surface area contributed by atoms with Gasteiger partial charge in [0.1, 0.15) is 11.9 Å². The SMILES string of the molecule is C[C@@H]1CN([C@H](C)CO)C(=O)c2cc(NC(=O)Nc3cccc4ccccc34)ccc2O[C@@H]1CN(C)Cc1ccc(C(=O)Nc2ccccc2N)cc1. The number of nitrogen functional groups attached to an aromatic ring is 1. The highest BCUT2D eigenvalue weighted by Crippen LogP contribution is 2.31. The third-order valence-electron chi connectivity index (χ3n) is 9.33. The fourth-order valence-electron chi connectivity index (χ4n) is 6.39. The summed E-state index contributed by atoms with van der Waals surface area (Å²) in [7, 11) is 2.00. The maximum Gasteiger partial charge on any atom is 0.323 e. The first kappa shape index (κ1) is 35.9. The van der Waals surface area contributed by atoms with Crippen LogP contribution in [0.5, 0.6) is 5.75 Å². The van der Waals surface area contributed by atoms with Crippen LogP contribution in [0.15, 0.2) is 109 Å². The van der Waals surface area contributed by atoms with E-state index in [2.05, 4.69) is 20.9 Å². The number of hydrogen-bond donors (Lipinski definition) is 5. The molecule has 268 valence electrons. The number of fused-ring (bicyclic) bond motifs is 2. The second kappa shape index (κ2) is 16.0. The van der Waals surface area contributed by atoms with Crippen LogP contribution in [-0.2, 0) is 6.54 Å². The van der Waals surface area contributed by atoms with Gasteiger partial charge in [0.15, 0.2) is 0 Å². The molecule has 0 unspecified atom stereocenters. The van der Waals surface area contributed by atoms with Gasteiger partial charge >= 0.3 is 6.03 Å². The molecule has 0 spiro atoms. The number of carbonyl (C=O) groups is 3. The summed E-state index contributed by atoms with van der Waals surface area (Å²) < 4.78 is 6.57. The topological polar surface area (TPSA) is 149 Å². The molecule has 0 bridgehead atoms. The van der Waals surface area contributed by atoms with E-state index in [0.29, 0.717) is 59.3 Å². The van der Waals surface area contributed by atoms with Crippen molar-refractivity contribution in [2.75, 3.05) is 48.4 Å². The summed E-state index contributed by atoms with van der Waals surface area (Å²) in [6.45, 7) is 5.15. The monoisotopic (exact) mass is 700 g/mol. The lowest BCUT2D eigenvalue weighted by Gasteiger charge is -2.38. The van der Waals surface area contributed by atoms with Crippen molar-refractivity contribution >= 4 is 51.4 Å². The Hall–Kier alpha value is -5.91. The van der Waals surface area contributed by atoms with Crippen LogP contribution in [0.1, 0.15) is 40.1 Å². The van der Waals surface area contributed by atoms with Crippen molar-refractivity contribution in [1.82, 2.24) is 9.80 Å². The number of ether oxygens (including phenoxy) is 1. The van der Waals surface area contributed by atoms with E-state index in [1.807, 2.05) is 87.6 Å². The van der Waals surface area contributed by atoms with Gasteiger partial charge in [-0.05, 0) is 73.5 Å². The Balaban J connectivity index is 1.15. The van der Waals surface area contributed by atoms with Gasteiger partial charge in [0.05, 0.1) is 35.3 Å². The molecule has 6 N–H and O–H groups in total. The zero-order chi connectivity index (χ0) is 36.8. The van der Waals surface area contributed by atoms with Crippen LogP contribution in [0.4, 0.5) is 27.5 Å². The average Bonchev–Trinajstić information content (AvgIpc) is 3.14. The van der Waals surface area contributed by atoms with Gasteiger partial charge in [-0.15, -0.1) is 0 Å². The summed E-state index contributed by atoms with van der Waals surface area (Å²) in [6, 6.07) is 32.2. The van der Waals surface area contributed by atoms with E-state index in [-0.39, 0.29) is 30.4 Å². The van der Waals surface area contributed by atoms with E-state index < -0.39 is 12.1 Å². The first-order valence-electron chi connectivity index (χ1n) is 17.3. The van der Waals surface area contributed by atoms with Crippen LogP contribution >= 0.6 is 0 Å². The van der Waals surface area contributed by atoms with Crippen molar-refractivity contribution in [2.45, 2.75) is 32.5 Å². The standard InChI is InChI=1S/C41H44N6O5/c1-26-22-47(27(2)25-48)40(50)33-21-31(43-41(51)45-35-14-8-10-29-9-4-5-11-32(29)35)19-20-37(33)52-38(26)24-46(3)23-28-15-17-30(18-16-28)39(49)44-36-13-7-6-12-34(36)42/h4-21,26-27,38,48H,22-25,42H2,1-3H3,(H,44,49)(H2,43,45,51)/t26-,27-,38-/m1/s1. The molecular weight excluding hydrogens is 656 g/mol. The minimum atomic E-state index is -0.446. The normalized spacial score (nSPS) is 16.3. The molecule has 11 nitrogen and oxygen atoms in total. The lowest BCUT2D eigenvalue weighted by Crippen LogP contribution is -2.49. The molecular formula is C41H44N6O5. The van der Waals surface area contributed by atoms with Crippen molar-refractivity contribution in [3.05, 3.63) is 126 Å². The quantitative estimate of drug-likeness (QED) is 0.102. The van der Waals surface area contributed by atoms with Crippen LogP contribution in [0.25, 0.3) is 10.8 Å². The Labute approximate surface area is 303 Å². The number of nitrogens with one attached hydrogen (secondary N) is 3. The lowest BCUT2D eigenvalue weighted by atomic mass is 9.99. The summed E-state index contributed by atoms with van der Waals surface area (Å²) in [5.74, 6) is -0.200. The Morgan fingerprint density at radius 2 is 1.63 bits per heavy atom. The van der Waals surface area contributed by atoms with E-state index in [9.17, 15) is 19.5 Å². The number of hydrogen-bond acceptors (Lipinski definition) is 7.